The van der Waals surface area contributed by atoms with E-state index in [9.17, 15) is 9.59 Å². The van der Waals surface area contributed by atoms with Crippen molar-refractivity contribution >= 4 is 17.6 Å². The molecule has 1 aromatic carbocycles. The summed E-state index contributed by atoms with van der Waals surface area (Å²) in [7, 11) is 0. The molecule has 1 N–H and O–H groups in total. The third-order valence-corrected chi connectivity index (χ3v) is 7.62. The monoisotopic (exact) mass is 491 g/mol. The fraction of sp³-hybridized carbons (Fsp3) is 0.536. The van der Waals surface area contributed by atoms with Gasteiger partial charge in [0.25, 0.3) is 5.91 Å². The van der Waals surface area contributed by atoms with Crippen LogP contribution in [0.5, 0.6) is 5.75 Å². The van der Waals surface area contributed by atoms with Crippen molar-refractivity contribution in [2.75, 3.05) is 50.7 Å². The second kappa shape index (κ2) is 11.8. The smallest absolute Gasteiger partial charge is 0.274 e. The maximum Gasteiger partial charge on any atom is 0.274 e. The van der Waals surface area contributed by atoms with Crippen molar-refractivity contribution in [3.8, 4) is 5.75 Å². The maximum absolute atomic E-state index is 13.3. The summed E-state index contributed by atoms with van der Waals surface area (Å²) in [6.07, 6.45) is 8.62. The van der Waals surface area contributed by atoms with Gasteiger partial charge in [0.2, 0.25) is 12.0 Å². The number of carbonyl (C=O) groups is 2. The highest BCUT2D eigenvalue weighted by molar-refractivity contribution is 6.03. The molecular weight excluding hydrogens is 454 g/mol. The standard InChI is InChI=1S/C28H37N5O3/c34-25(29-15-8-16-31-17-19-32(20-18-31)23-11-5-2-6-12-23)21-33-27-24(13-7-14-30-27)36-26(28(33)35)22-9-3-1-4-10-22/h1,3-4,7,9-10,13-14,23,26H,2,5-6,8,11-12,15-21H2,(H,29,34). The highest BCUT2D eigenvalue weighted by Gasteiger charge is 2.37. The van der Waals surface area contributed by atoms with E-state index in [2.05, 4.69) is 20.1 Å². The van der Waals surface area contributed by atoms with Gasteiger partial charge in [-0.2, -0.15) is 0 Å². The molecule has 36 heavy (non-hydrogen) atoms. The number of fused-ring (bicyclic) bond motifs is 1. The second-order valence-electron chi connectivity index (χ2n) is 10.0. The van der Waals surface area contributed by atoms with E-state index >= 15 is 0 Å². The van der Waals surface area contributed by atoms with Crippen LogP contribution in [-0.4, -0.2) is 78.5 Å². The summed E-state index contributed by atoms with van der Waals surface area (Å²) in [5.74, 6) is 0.431. The van der Waals surface area contributed by atoms with Crippen LogP contribution in [0.4, 0.5) is 5.82 Å². The first-order valence-corrected chi connectivity index (χ1v) is 13.4. The molecule has 8 nitrogen and oxygen atoms in total. The lowest BCUT2D eigenvalue weighted by atomic mass is 9.94. The molecular formula is C28H37N5O3. The van der Waals surface area contributed by atoms with E-state index in [-0.39, 0.29) is 18.4 Å². The van der Waals surface area contributed by atoms with E-state index < -0.39 is 6.10 Å². The Kier molecular flexibility index (Phi) is 8.13. The van der Waals surface area contributed by atoms with Crippen molar-refractivity contribution in [3.05, 3.63) is 54.2 Å². The lowest BCUT2D eigenvalue weighted by Gasteiger charge is -2.40. The van der Waals surface area contributed by atoms with E-state index in [1.54, 1.807) is 18.3 Å². The summed E-state index contributed by atoms with van der Waals surface area (Å²) in [5, 5.41) is 3.00. The van der Waals surface area contributed by atoms with Gasteiger partial charge in [0, 0.05) is 50.5 Å². The molecule has 1 saturated carbocycles. The number of nitrogens with one attached hydrogen (secondary N) is 1. The minimum absolute atomic E-state index is 0.0738. The van der Waals surface area contributed by atoms with Crippen LogP contribution in [0.2, 0.25) is 0 Å². The van der Waals surface area contributed by atoms with E-state index in [1.807, 2.05) is 30.3 Å². The van der Waals surface area contributed by atoms with Crippen LogP contribution in [0.1, 0.15) is 50.2 Å². The quantitative estimate of drug-likeness (QED) is 0.572. The average Bonchev–Trinajstić information content (AvgIpc) is 2.94. The number of piperazine rings is 1. The second-order valence-corrected chi connectivity index (χ2v) is 10.0. The first-order chi connectivity index (χ1) is 17.7. The largest absolute Gasteiger partial charge is 0.472 e. The lowest BCUT2D eigenvalue weighted by Crippen LogP contribution is -2.51. The normalized spacial score (nSPS) is 21.6. The number of amides is 2. The Morgan fingerprint density at radius 3 is 2.56 bits per heavy atom. The topological polar surface area (TPSA) is 78.0 Å². The predicted octanol–water partition coefficient (Wildman–Crippen LogP) is 3.00. The number of pyridine rings is 1. The molecule has 1 saturated heterocycles. The Bertz CT molecular complexity index is 1020. The molecule has 8 heteroatoms. The minimum atomic E-state index is -0.789. The molecule has 3 heterocycles. The summed E-state index contributed by atoms with van der Waals surface area (Å²) in [4.78, 5) is 37.0. The summed E-state index contributed by atoms with van der Waals surface area (Å²) in [6, 6.07) is 13.7. The van der Waals surface area contributed by atoms with Gasteiger partial charge in [0.15, 0.2) is 11.6 Å². The Morgan fingerprint density at radius 1 is 1.00 bits per heavy atom. The molecule has 5 rings (SSSR count). The fourth-order valence-electron chi connectivity index (χ4n) is 5.62. The van der Waals surface area contributed by atoms with Crippen LogP contribution in [-0.2, 0) is 9.59 Å². The first kappa shape index (κ1) is 24.7. The third-order valence-electron chi connectivity index (χ3n) is 7.62. The molecule has 1 aliphatic carbocycles. The number of nitrogens with zero attached hydrogens (tertiary/aromatic N) is 4. The van der Waals surface area contributed by atoms with Gasteiger partial charge in [0.1, 0.15) is 6.54 Å². The lowest BCUT2D eigenvalue weighted by molar-refractivity contribution is -0.129. The molecule has 0 spiro atoms. The molecule has 0 radical (unpaired) electrons. The molecule has 2 aromatic rings. The molecule has 2 fully saturated rings. The number of aromatic nitrogens is 1. The molecule has 1 aromatic heterocycles. The van der Waals surface area contributed by atoms with Crippen molar-refractivity contribution in [2.24, 2.45) is 0 Å². The van der Waals surface area contributed by atoms with Crippen LogP contribution in [0.25, 0.3) is 0 Å². The summed E-state index contributed by atoms with van der Waals surface area (Å²) >= 11 is 0. The highest BCUT2D eigenvalue weighted by atomic mass is 16.5. The van der Waals surface area contributed by atoms with Gasteiger partial charge < -0.3 is 15.0 Å². The van der Waals surface area contributed by atoms with Crippen molar-refractivity contribution in [2.45, 2.75) is 50.7 Å². The van der Waals surface area contributed by atoms with Crippen LogP contribution < -0.4 is 15.0 Å². The Balaban J connectivity index is 1.09. The van der Waals surface area contributed by atoms with Crippen LogP contribution in [0, 0.1) is 0 Å². The zero-order chi connectivity index (χ0) is 24.7. The Labute approximate surface area is 213 Å². The number of anilines is 1. The number of carbonyl (C=O) groups excluding carboxylic acids is 2. The van der Waals surface area contributed by atoms with Gasteiger partial charge >= 0.3 is 0 Å². The molecule has 2 amide bonds. The third kappa shape index (κ3) is 5.87. The predicted molar refractivity (Wildman–Crippen MR) is 139 cm³/mol. The van der Waals surface area contributed by atoms with Crippen LogP contribution >= 0.6 is 0 Å². The van der Waals surface area contributed by atoms with E-state index in [0.29, 0.717) is 18.1 Å². The van der Waals surface area contributed by atoms with Crippen LogP contribution in [0.15, 0.2) is 48.7 Å². The van der Waals surface area contributed by atoms with Gasteiger partial charge in [-0.15, -0.1) is 0 Å². The number of benzene rings is 1. The Morgan fingerprint density at radius 2 is 1.78 bits per heavy atom. The summed E-state index contributed by atoms with van der Waals surface area (Å²) in [5.41, 5.74) is 0.756. The average molecular weight is 492 g/mol. The van der Waals surface area contributed by atoms with Crippen molar-refractivity contribution in [1.82, 2.24) is 20.1 Å². The fourth-order valence-corrected chi connectivity index (χ4v) is 5.62. The number of hydrogen-bond donors (Lipinski definition) is 1. The Hall–Kier alpha value is -2.97. The molecule has 192 valence electrons. The molecule has 1 unspecified atom stereocenters. The summed E-state index contributed by atoms with van der Waals surface area (Å²) < 4.78 is 5.96. The number of hydrogen-bond acceptors (Lipinski definition) is 6. The summed E-state index contributed by atoms with van der Waals surface area (Å²) in [6.45, 7) is 6.03. The minimum Gasteiger partial charge on any atom is -0.472 e. The van der Waals surface area contributed by atoms with E-state index in [1.165, 1.54) is 37.0 Å². The van der Waals surface area contributed by atoms with Gasteiger partial charge in [-0.1, -0.05) is 49.6 Å². The van der Waals surface area contributed by atoms with Crippen molar-refractivity contribution in [3.63, 3.8) is 0 Å². The van der Waals surface area contributed by atoms with E-state index in [0.717, 1.165) is 50.7 Å². The molecule has 1 atom stereocenters. The molecule has 2 aliphatic heterocycles. The number of rotatable bonds is 8. The number of ether oxygens (including phenoxy) is 1. The van der Waals surface area contributed by atoms with Gasteiger partial charge in [-0.05, 0) is 37.9 Å². The van der Waals surface area contributed by atoms with Gasteiger partial charge in [-0.3, -0.25) is 19.4 Å². The zero-order valence-electron chi connectivity index (χ0n) is 21.0. The van der Waals surface area contributed by atoms with Crippen molar-refractivity contribution < 1.29 is 14.3 Å². The SMILES string of the molecule is O=C(CN1C(=O)C(c2ccccc2)Oc2cccnc21)NCCCN1CCN(C2CCCCC2)CC1. The van der Waals surface area contributed by atoms with Gasteiger partial charge in [0.05, 0.1) is 0 Å². The van der Waals surface area contributed by atoms with Crippen LogP contribution in [0.3, 0.4) is 0 Å². The van der Waals surface area contributed by atoms with E-state index in [4.69, 9.17) is 4.74 Å². The highest BCUT2D eigenvalue weighted by Crippen LogP contribution is 2.36. The van der Waals surface area contributed by atoms with Crippen molar-refractivity contribution in [1.29, 1.82) is 0 Å². The van der Waals surface area contributed by atoms with Gasteiger partial charge in [-0.25, -0.2) is 4.98 Å². The zero-order valence-corrected chi connectivity index (χ0v) is 21.0. The first-order valence-electron chi connectivity index (χ1n) is 13.4. The maximum atomic E-state index is 13.3. The molecule has 0 bridgehead atoms. The molecule has 3 aliphatic rings.